The third-order valence-corrected chi connectivity index (χ3v) is 6.98. The van der Waals surface area contributed by atoms with Gasteiger partial charge in [-0.25, -0.2) is 8.78 Å². The molecule has 1 fully saturated rings. The van der Waals surface area contributed by atoms with E-state index in [0.29, 0.717) is 18.8 Å². The number of carbonyl (C=O) groups excluding carboxylic acids is 1. The van der Waals surface area contributed by atoms with Gasteiger partial charge in [-0.3, -0.25) is 14.5 Å². The summed E-state index contributed by atoms with van der Waals surface area (Å²) in [5.74, 6) is -1.36. The largest absolute Gasteiger partial charge is 0.487 e. The summed E-state index contributed by atoms with van der Waals surface area (Å²) in [7, 11) is 0. The Morgan fingerprint density at radius 2 is 1.78 bits per heavy atom. The highest BCUT2D eigenvalue weighted by Crippen LogP contribution is 2.25. The second-order valence-electron chi connectivity index (χ2n) is 8.73. The minimum Gasteiger partial charge on any atom is -0.487 e. The standard InChI is InChI=1S/C26H26BrF2N3O3.ClH/c1-16-11-23(35-15-19-8-9-20(28)12-21(19)29)24(27)26(34)32(16)14-18-6-4-17(5-7-18)13-31-10-2-3-22(31)25(30)33;/h4-9,11-12,22H,2-3,10,13-15H2,1H3,(H2,30,33);1H/t22-;/m0./s1. The summed E-state index contributed by atoms with van der Waals surface area (Å²) in [5.41, 5.74) is 8.12. The van der Waals surface area contributed by atoms with Crippen molar-refractivity contribution in [3.05, 3.63) is 97.4 Å². The van der Waals surface area contributed by atoms with Gasteiger partial charge in [0.1, 0.15) is 28.5 Å². The number of aryl methyl sites for hydroxylation is 1. The van der Waals surface area contributed by atoms with Gasteiger partial charge in [0.25, 0.3) is 5.56 Å². The first kappa shape index (κ1) is 27.8. The van der Waals surface area contributed by atoms with Crippen molar-refractivity contribution in [3.63, 3.8) is 0 Å². The third kappa shape index (κ3) is 6.32. The zero-order valence-electron chi connectivity index (χ0n) is 19.7. The van der Waals surface area contributed by atoms with Gasteiger partial charge in [-0.15, -0.1) is 12.4 Å². The zero-order valence-corrected chi connectivity index (χ0v) is 22.1. The van der Waals surface area contributed by atoms with E-state index in [-0.39, 0.29) is 52.3 Å². The van der Waals surface area contributed by atoms with Gasteiger partial charge in [0, 0.05) is 29.9 Å². The normalized spacial score (nSPS) is 15.5. The molecule has 192 valence electrons. The number of aromatic nitrogens is 1. The highest BCUT2D eigenvalue weighted by atomic mass is 79.9. The Balaban J connectivity index is 0.00000361. The number of primary amides is 1. The van der Waals surface area contributed by atoms with Crippen LogP contribution in [0.25, 0.3) is 0 Å². The van der Waals surface area contributed by atoms with Crippen molar-refractivity contribution in [1.29, 1.82) is 0 Å². The van der Waals surface area contributed by atoms with Crippen LogP contribution in [0.5, 0.6) is 5.75 Å². The smallest absolute Gasteiger partial charge is 0.269 e. The second kappa shape index (κ2) is 12.0. The van der Waals surface area contributed by atoms with E-state index in [2.05, 4.69) is 20.8 Å². The molecule has 4 rings (SSSR count). The minimum atomic E-state index is -0.704. The number of hydrogen-bond acceptors (Lipinski definition) is 4. The minimum absolute atomic E-state index is 0. The van der Waals surface area contributed by atoms with Gasteiger partial charge in [0.05, 0.1) is 12.6 Å². The van der Waals surface area contributed by atoms with Gasteiger partial charge in [0.15, 0.2) is 0 Å². The van der Waals surface area contributed by atoms with Crippen molar-refractivity contribution in [1.82, 2.24) is 9.47 Å². The Morgan fingerprint density at radius 3 is 2.42 bits per heavy atom. The number of benzene rings is 2. The lowest BCUT2D eigenvalue weighted by Crippen LogP contribution is -2.39. The molecule has 2 N–H and O–H groups in total. The molecule has 2 aromatic carbocycles. The molecule has 36 heavy (non-hydrogen) atoms. The zero-order chi connectivity index (χ0) is 25.1. The number of likely N-dealkylation sites (tertiary alicyclic amines) is 1. The van der Waals surface area contributed by atoms with E-state index in [4.69, 9.17) is 10.5 Å². The molecule has 0 spiro atoms. The van der Waals surface area contributed by atoms with Crippen LogP contribution in [0.4, 0.5) is 8.78 Å². The molecule has 1 saturated heterocycles. The van der Waals surface area contributed by atoms with Gasteiger partial charge in [0.2, 0.25) is 5.91 Å². The predicted molar refractivity (Wildman–Crippen MR) is 139 cm³/mol. The summed E-state index contributed by atoms with van der Waals surface area (Å²) in [4.78, 5) is 26.7. The van der Waals surface area contributed by atoms with Crippen LogP contribution >= 0.6 is 28.3 Å². The number of hydrogen-bond donors (Lipinski definition) is 1. The third-order valence-electron chi connectivity index (χ3n) is 6.25. The molecular weight excluding hydrogens is 556 g/mol. The summed E-state index contributed by atoms with van der Waals surface area (Å²) in [5, 5.41) is 0. The Labute approximate surface area is 222 Å². The van der Waals surface area contributed by atoms with Gasteiger partial charge < -0.3 is 15.0 Å². The maximum absolute atomic E-state index is 13.9. The molecule has 10 heteroatoms. The molecular formula is C26H27BrClF2N3O3. The SMILES string of the molecule is Cc1cc(OCc2ccc(F)cc2F)c(Br)c(=O)n1Cc1ccc(CN2CCC[C@H]2C(N)=O)cc1.Cl. The van der Waals surface area contributed by atoms with Crippen LogP contribution in [0.1, 0.15) is 35.2 Å². The van der Waals surface area contributed by atoms with Crippen LogP contribution in [0.2, 0.25) is 0 Å². The molecule has 0 saturated carbocycles. The van der Waals surface area contributed by atoms with Gasteiger partial charge in [-0.1, -0.05) is 24.3 Å². The second-order valence-corrected chi connectivity index (χ2v) is 9.52. The first-order valence-electron chi connectivity index (χ1n) is 11.3. The van der Waals surface area contributed by atoms with Crippen LogP contribution < -0.4 is 16.0 Å². The molecule has 6 nitrogen and oxygen atoms in total. The maximum Gasteiger partial charge on any atom is 0.269 e. The van der Waals surface area contributed by atoms with Gasteiger partial charge >= 0.3 is 0 Å². The Kier molecular flexibility index (Phi) is 9.27. The Hall–Kier alpha value is -2.75. The average Bonchev–Trinajstić information content (AvgIpc) is 3.29. The van der Waals surface area contributed by atoms with Gasteiger partial charge in [-0.05, 0) is 65.5 Å². The fraction of sp³-hybridized carbons (Fsp3) is 0.308. The topological polar surface area (TPSA) is 77.6 Å². The molecule has 1 aromatic heterocycles. The van der Waals surface area contributed by atoms with Crippen molar-refractivity contribution < 1.29 is 18.3 Å². The fourth-order valence-corrected chi connectivity index (χ4v) is 4.76. The molecule has 0 radical (unpaired) electrons. The monoisotopic (exact) mass is 581 g/mol. The molecule has 1 amide bonds. The van der Waals surface area contributed by atoms with Crippen molar-refractivity contribution >= 4 is 34.2 Å². The number of halogens is 4. The first-order valence-corrected chi connectivity index (χ1v) is 12.1. The lowest BCUT2D eigenvalue weighted by Gasteiger charge is -2.22. The molecule has 2 heterocycles. The Morgan fingerprint density at radius 1 is 1.11 bits per heavy atom. The Bertz CT molecular complexity index is 1300. The summed E-state index contributed by atoms with van der Waals surface area (Å²) >= 11 is 3.30. The van der Waals surface area contributed by atoms with Crippen LogP contribution in [0.3, 0.4) is 0 Å². The van der Waals surface area contributed by atoms with E-state index in [0.717, 1.165) is 42.6 Å². The number of rotatable bonds is 8. The van der Waals surface area contributed by atoms with Crippen LogP contribution in [-0.4, -0.2) is 28.0 Å². The molecule has 0 unspecified atom stereocenters. The van der Waals surface area contributed by atoms with E-state index < -0.39 is 11.6 Å². The van der Waals surface area contributed by atoms with E-state index in [1.54, 1.807) is 17.6 Å². The van der Waals surface area contributed by atoms with Crippen LogP contribution in [0.15, 0.2) is 57.8 Å². The van der Waals surface area contributed by atoms with Gasteiger partial charge in [-0.2, -0.15) is 0 Å². The number of amides is 1. The quantitative estimate of drug-likeness (QED) is 0.418. The van der Waals surface area contributed by atoms with Crippen molar-refractivity contribution in [2.45, 2.75) is 45.5 Å². The lowest BCUT2D eigenvalue weighted by molar-refractivity contribution is -0.122. The highest BCUT2D eigenvalue weighted by molar-refractivity contribution is 9.10. The molecule has 0 bridgehead atoms. The number of carbonyl (C=O) groups is 1. The van der Waals surface area contributed by atoms with Crippen molar-refractivity contribution in [2.24, 2.45) is 5.73 Å². The summed E-state index contributed by atoms with van der Waals surface area (Å²) in [6.45, 7) is 3.52. The van der Waals surface area contributed by atoms with E-state index >= 15 is 0 Å². The first-order chi connectivity index (χ1) is 16.7. The molecule has 1 aliphatic heterocycles. The summed E-state index contributed by atoms with van der Waals surface area (Å²) in [6, 6.07) is 12.7. The number of ether oxygens (including phenoxy) is 1. The molecule has 3 aromatic rings. The van der Waals surface area contributed by atoms with E-state index in [1.165, 1.54) is 6.07 Å². The molecule has 1 atom stereocenters. The number of pyridine rings is 1. The molecule has 0 aliphatic carbocycles. The number of nitrogens with zero attached hydrogens (tertiary/aromatic N) is 2. The number of nitrogens with two attached hydrogens (primary N) is 1. The highest BCUT2D eigenvalue weighted by Gasteiger charge is 2.28. The predicted octanol–water partition coefficient (Wildman–Crippen LogP) is 4.70. The van der Waals surface area contributed by atoms with E-state index in [1.807, 2.05) is 24.3 Å². The average molecular weight is 583 g/mol. The van der Waals surface area contributed by atoms with Crippen LogP contribution in [-0.2, 0) is 24.5 Å². The lowest BCUT2D eigenvalue weighted by atomic mass is 10.1. The van der Waals surface area contributed by atoms with Crippen molar-refractivity contribution in [2.75, 3.05) is 6.54 Å². The summed E-state index contributed by atoms with van der Waals surface area (Å²) < 4.78 is 34.5. The molecule has 1 aliphatic rings. The van der Waals surface area contributed by atoms with Crippen LogP contribution in [0, 0.1) is 18.6 Å². The summed E-state index contributed by atoms with van der Waals surface area (Å²) in [6.07, 6.45) is 1.75. The maximum atomic E-state index is 13.9. The van der Waals surface area contributed by atoms with Crippen molar-refractivity contribution in [3.8, 4) is 5.75 Å². The fourth-order valence-electron chi connectivity index (χ4n) is 4.32. The van der Waals surface area contributed by atoms with E-state index in [9.17, 15) is 18.4 Å².